The molecule has 0 aliphatic carbocycles. The largest absolute Gasteiger partial charge is 0.496 e. The first-order valence-electron chi connectivity index (χ1n) is 5.16. The summed E-state index contributed by atoms with van der Waals surface area (Å²) in [7, 11) is 3.73. The second-order valence-corrected chi connectivity index (χ2v) is 4.01. The average Bonchev–Trinajstić information content (AvgIpc) is 2.16. The molecule has 1 rings (SSSR count). The Bertz CT molecular complexity index is 323. The highest BCUT2D eigenvalue weighted by molar-refractivity contribution is 5.52. The molecule has 0 aromatic heterocycles. The van der Waals surface area contributed by atoms with Crippen LogP contribution < -0.4 is 15.4 Å². The number of nitrogens with zero attached hydrogens (tertiary/aromatic N) is 1. The minimum absolute atomic E-state index is 0.178. The maximum Gasteiger partial charge on any atom is 0.121 e. The Kier molecular flexibility index (Phi) is 3.97. The summed E-state index contributed by atoms with van der Waals surface area (Å²) in [6.45, 7) is 4.90. The molecule has 0 aliphatic rings. The number of hydrogen-bond donors (Lipinski definition) is 1. The number of methoxy groups -OCH3 is 1. The zero-order valence-electron chi connectivity index (χ0n) is 9.95. The van der Waals surface area contributed by atoms with Crippen LogP contribution in [0.25, 0.3) is 0 Å². The maximum atomic E-state index is 5.76. The number of hydrogen-bond acceptors (Lipinski definition) is 3. The minimum Gasteiger partial charge on any atom is -0.496 e. The quantitative estimate of drug-likeness (QED) is 0.819. The van der Waals surface area contributed by atoms with Crippen LogP contribution in [-0.4, -0.2) is 26.7 Å². The van der Waals surface area contributed by atoms with Crippen molar-refractivity contribution in [1.29, 1.82) is 0 Å². The van der Waals surface area contributed by atoms with Crippen LogP contribution in [0, 0.1) is 6.92 Å². The number of aryl methyl sites for hydroxylation is 1. The predicted molar refractivity (Wildman–Crippen MR) is 64.7 cm³/mol. The third kappa shape index (κ3) is 3.13. The van der Waals surface area contributed by atoms with Crippen molar-refractivity contribution in [1.82, 2.24) is 0 Å². The molecule has 1 atom stereocenters. The van der Waals surface area contributed by atoms with Crippen molar-refractivity contribution in [2.24, 2.45) is 5.73 Å². The zero-order chi connectivity index (χ0) is 11.4. The van der Waals surface area contributed by atoms with E-state index in [1.54, 1.807) is 7.11 Å². The van der Waals surface area contributed by atoms with Gasteiger partial charge in [-0.1, -0.05) is 0 Å². The van der Waals surface area contributed by atoms with Crippen molar-refractivity contribution in [3.63, 3.8) is 0 Å². The van der Waals surface area contributed by atoms with Gasteiger partial charge in [0, 0.05) is 25.3 Å². The molecule has 3 nitrogen and oxygen atoms in total. The molecule has 0 saturated carbocycles. The second kappa shape index (κ2) is 5.03. The van der Waals surface area contributed by atoms with Gasteiger partial charge in [0.2, 0.25) is 0 Å². The number of rotatable bonds is 4. The van der Waals surface area contributed by atoms with Crippen LogP contribution >= 0.6 is 0 Å². The monoisotopic (exact) mass is 208 g/mol. The topological polar surface area (TPSA) is 38.5 Å². The number of ether oxygens (including phenoxy) is 1. The van der Waals surface area contributed by atoms with Gasteiger partial charge in [-0.25, -0.2) is 0 Å². The van der Waals surface area contributed by atoms with Crippen molar-refractivity contribution in [2.75, 3.05) is 25.6 Å². The molecule has 15 heavy (non-hydrogen) atoms. The first-order chi connectivity index (χ1) is 7.04. The summed E-state index contributed by atoms with van der Waals surface area (Å²) in [6, 6.07) is 6.33. The van der Waals surface area contributed by atoms with E-state index in [1.165, 1.54) is 5.69 Å². The Hall–Kier alpha value is -1.22. The number of anilines is 1. The van der Waals surface area contributed by atoms with Gasteiger partial charge in [-0.05, 0) is 37.6 Å². The smallest absolute Gasteiger partial charge is 0.121 e. The first-order valence-corrected chi connectivity index (χ1v) is 5.16. The van der Waals surface area contributed by atoms with Gasteiger partial charge in [0.1, 0.15) is 5.75 Å². The van der Waals surface area contributed by atoms with Crippen molar-refractivity contribution < 1.29 is 4.74 Å². The lowest BCUT2D eigenvalue weighted by molar-refractivity contribution is 0.411. The van der Waals surface area contributed by atoms with Crippen molar-refractivity contribution in [3.05, 3.63) is 23.8 Å². The fourth-order valence-electron chi connectivity index (χ4n) is 1.64. The van der Waals surface area contributed by atoms with E-state index in [1.807, 2.05) is 33.0 Å². The van der Waals surface area contributed by atoms with Gasteiger partial charge >= 0.3 is 0 Å². The molecule has 0 fully saturated rings. The maximum absolute atomic E-state index is 5.76. The molecule has 0 bridgehead atoms. The van der Waals surface area contributed by atoms with Gasteiger partial charge in [0.25, 0.3) is 0 Å². The van der Waals surface area contributed by atoms with Crippen LogP contribution in [0.4, 0.5) is 5.69 Å². The summed E-state index contributed by atoms with van der Waals surface area (Å²) in [5, 5.41) is 0. The summed E-state index contributed by atoms with van der Waals surface area (Å²) in [5.74, 6) is 0.924. The van der Waals surface area contributed by atoms with E-state index >= 15 is 0 Å². The Morgan fingerprint density at radius 3 is 2.60 bits per heavy atom. The second-order valence-electron chi connectivity index (χ2n) is 4.01. The third-order valence-corrected chi connectivity index (χ3v) is 2.38. The van der Waals surface area contributed by atoms with E-state index in [2.05, 4.69) is 11.0 Å². The summed E-state index contributed by atoms with van der Waals surface area (Å²) < 4.78 is 5.22. The summed E-state index contributed by atoms with van der Waals surface area (Å²) in [6.07, 6.45) is 0. The van der Waals surface area contributed by atoms with E-state index in [0.29, 0.717) is 0 Å². The van der Waals surface area contributed by atoms with E-state index in [-0.39, 0.29) is 6.04 Å². The molecular formula is C12H20N2O. The lowest BCUT2D eigenvalue weighted by atomic mass is 10.2. The fourth-order valence-corrected chi connectivity index (χ4v) is 1.64. The summed E-state index contributed by atoms with van der Waals surface area (Å²) >= 11 is 0. The highest BCUT2D eigenvalue weighted by Crippen LogP contribution is 2.23. The average molecular weight is 208 g/mol. The zero-order valence-corrected chi connectivity index (χ0v) is 9.95. The third-order valence-electron chi connectivity index (χ3n) is 2.38. The van der Waals surface area contributed by atoms with E-state index in [4.69, 9.17) is 10.5 Å². The molecule has 3 heteroatoms. The number of nitrogens with two attached hydrogens (primary N) is 1. The standard InChI is InChI=1S/C12H20N2O/c1-9-7-11(5-6-12(9)15-4)14(3)8-10(2)13/h5-7,10H,8,13H2,1-4H3. The van der Waals surface area contributed by atoms with Gasteiger partial charge in [-0.2, -0.15) is 0 Å². The van der Waals surface area contributed by atoms with Crippen molar-refractivity contribution >= 4 is 5.69 Å². The van der Waals surface area contributed by atoms with E-state index in [9.17, 15) is 0 Å². The predicted octanol–water partition coefficient (Wildman–Crippen LogP) is 1.79. The molecule has 0 radical (unpaired) electrons. The van der Waals surface area contributed by atoms with Crippen molar-refractivity contribution in [2.45, 2.75) is 19.9 Å². The van der Waals surface area contributed by atoms with Gasteiger partial charge in [0.15, 0.2) is 0 Å². The molecule has 1 aromatic rings. The van der Waals surface area contributed by atoms with Gasteiger partial charge in [0.05, 0.1) is 7.11 Å². The highest BCUT2D eigenvalue weighted by Gasteiger charge is 2.05. The molecule has 2 N–H and O–H groups in total. The van der Waals surface area contributed by atoms with Crippen LogP contribution in [0.5, 0.6) is 5.75 Å². The Morgan fingerprint density at radius 2 is 2.13 bits per heavy atom. The molecule has 0 spiro atoms. The summed E-state index contributed by atoms with van der Waals surface area (Å²) in [5.41, 5.74) is 8.08. The normalized spacial score (nSPS) is 12.3. The van der Waals surface area contributed by atoms with Gasteiger partial charge < -0.3 is 15.4 Å². The Labute approximate surface area is 91.8 Å². The van der Waals surface area contributed by atoms with Crippen LogP contribution in [0.3, 0.4) is 0 Å². The molecule has 0 heterocycles. The number of likely N-dealkylation sites (N-methyl/N-ethyl adjacent to an activating group) is 1. The first kappa shape index (κ1) is 11.9. The van der Waals surface area contributed by atoms with Crippen LogP contribution in [0.2, 0.25) is 0 Å². The van der Waals surface area contributed by atoms with Crippen LogP contribution in [-0.2, 0) is 0 Å². The highest BCUT2D eigenvalue weighted by atomic mass is 16.5. The lowest BCUT2D eigenvalue weighted by Gasteiger charge is -2.22. The van der Waals surface area contributed by atoms with Crippen LogP contribution in [0.1, 0.15) is 12.5 Å². The SMILES string of the molecule is COc1ccc(N(C)CC(C)N)cc1C. The molecule has 0 aliphatic heterocycles. The molecule has 1 aromatic carbocycles. The van der Waals surface area contributed by atoms with Crippen molar-refractivity contribution in [3.8, 4) is 5.75 Å². The number of benzene rings is 1. The lowest BCUT2D eigenvalue weighted by Crippen LogP contribution is -2.32. The molecule has 1 unspecified atom stereocenters. The molecule has 0 saturated heterocycles. The van der Waals surface area contributed by atoms with Gasteiger partial charge in [-0.3, -0.25) is 0 Å². The molecule has 0 amide bonds. The van der Waals surface area contributed by atoms with Crippen LogP contribution in [0.15, 0.2) is 18.2 Å². The van der Waals surface area contributed by atoms with E-state index < -0.39 is 0 Å². The molecular weight excluding hydrogens is 188 g/mol. The van der Waals surface area contributed by atoms with E-state index in [0.717, 1.165) is 17.9 Å². The fraction of sp³-hybridized carbons (Fsp3) is 0.500. The minimum atomic E-state index is 0.178. The Morgan fingerprint density at radius 1 is 1.47 bits per heavy atom. The Balaban J connectivity index is 2.82. The molecule has 84 valence electrons. The summed E-state index contributed by atoms with van der Waals surface area (Å²) in [4.78, 5) is 2.15. The van der Waals surface area contributed by atoms with Gasteiger partial charge in [-0.15, -0.1) is 0 Å².